The lowest BCUT2D eigenvalue weighted by Crippen LogP contribution is -2.13. The summed E-state index contributed by atoms with van der Waals surface area (Å²) in [7, 11) is 0. The van der Waals surface area contributed by atoms with Crippen LogP contribution >= 0.6 is 0 Å². The molecule has 3 aromatic carbocycles. The number of hydrogen-bond donors (Lipinski definition) is 1. The molecule has 1 aliphatic rings. The van der Waals surface area contributed by atoms with Gasteiger partial charge in [0.2, 0.25) is 0 Å². The van der Waals surface area contributed by atoms with E-state index in [0.717, 1.165) is 34.7 Å². The summed E-state index contributed by atoms with van der Waals surface area (Å²) in [5.41, 5.74) is 3.59. The molecule has 1 N–H and O–H groups in total. The van der Waals surface area contributed by atoms with Crippen molar-refractivity contribution in [1.29, 1.82) is 0 Å². The molecule has 0 fully saturated rings. The smallest absolute Gasteiger partial charge is 0.255 e. The molecular formula is C20H15NO2. The molecule has 0 atom stereocenters. The van der Waals surface area contributed by atoms with Crippen molar-refractivity contribution in [2.24, 2.45) is 0 Å². The molecule has 1 heterocycles. The van der Waals surface area contributed by atoms with Gasteiger partial charge in [0.25, 0.3) is 5.91 Å². The highest BCUT2D eigenvalue weighted by Gasteiger charge is 2.18. The fourth-order valence-electron chi connectivity index (χ4n) is 2.76. The Morgan fingerprint density at radius 3 is 2.43 bits per heavy atom. The Morgan fingerprint density at radius 2 is 1.57 bits per heavy atom. The molecule has 0 saturated carbocycles. The average Bonchev–Trinajstić information content (AvgIpc) is 2.60. The average molecular weight is 301 g/mol. The second-order valence-corrected chi connectivity index (χ2v) is 5.53. The molecule has 0 aliphatic carbocycles. The number of rotatable bonds is 2. The minimum atomic E-state index is -0.113. The van der Waals surface area contributed by atoms with Crippen molar-refractivity contribution in [3.63, 3.8) is 0 Å². The lowest BCUT2D eigenvalue weighted by molar-refractivity contribution is 0.102. The van der Waals surface area contributed by atoms with Crippen LogP contribution in [-0.2, 0) is 6.42 Å². The van der Waals surface area contributed by atoms with Crippen molar-refractivity contribution in [3.8, 4) is 11.5 Å². The van der Waals surface area contributed by atoms with Crippen molar-refractivity contribution in [3.05, 3.63) is 89.5 Å². The zero-order valence-corrected chi connectivity index (χ0v) is 12.5. The van der Waals surface area contributed by atoms with E-state index >= 15 is 0 Å². The van der Waals surface area contributed by atoms with Gasteiger partial charge in [-0.3, -0.25) is 4.79 Å². The van der Waals surface area contributed by atoms with Crippen LogP contribution in [0.3, 0.4) is 0 Å². The molecular weight excluding hydrogens is 286 g/mol. The largest absolute Gasteiger partial charge is 0.457 e. The van der Waals surface area contributed by atoms with Crippen LogP contribution in [0.25, 0.3) is 0 Å². The number of nitrogens with one attached hydrogen (secondary N) is 1. The normalized spacial score (nSPS) is 11.8. The number of amides is 1. The summed E-state index contributed by atoms with van der Waals surface area (Å²) in [6, 6.07) is 23.0. The number of anilines is 1. The first kappa shape index (κ1) is 13.6. The third-order valence-corrected chi connectivity index (χ3v) is 3.93. The Morgan fingerprint density at radius 1 is 0.826 bits per heavy atom. The number of carbonyl (C=O) groups excluding carboxylic acids is 1. The molecule has 0 spiro atoms. The van der Waals surface area contributed by atoms with Gasteiger partial charge in [0.05, 0.1) is 0 Å². The van der Waals surface area contributed by atoms with Crippen LogP contribution in [0.15, 0.2) is 72.8 Å². The molecule has 23 heavy (non-hydrogen) atoms. The van der Waals surface area contributed by atoms with E-state index in [-0.39, 0.29) is 5.91 Å². The van der Waals surface area contributed by atoms with Crippen LogP contribution in [0.2, 0.25) is 0 Å². The highest BCUT2D eigenvalue weighted by Crippen LogP contribution is 2.36. The summed E-state index contributed by atoms with van der Waals surface area (Å²) in [5, 5.41) is 2.90. The third-order valence-electron chi connectivity index (χ3n) is 3.93. The maximum atomic E-state index is 12.4. The molecule has 0 bridgehead atoms. The van der Waals surface area contributed by atoms with Crippen LogP contribution in [0, 0.1) is 0 Å². The predicted octanol–water partition coefficient (Wildman–Crippen LogP) is 4.64. The zero-order valence-electron chi connectivity index (χ0n) is 12.5. The molecule has 3 heteroatoms. The zero-order chi connectivity index (χ0) is 15.6. The van der Waals surface area contributed by atoms with Crippen molar-refractivity contribution in [1.82, 2.24) is 0 Å². The molecule has 3 nitrogen and oxygen atoms in total. The van der Waals surface area contributed by atoms with E-state index in [1.165, 1.54) is 0 Å². The Kier molecular flexibility index (Phi) is 3.31. The summed E-state index contributed by atoms with van der Waals surface area (Å²) in [6.07, 6.45) is 0.776. The van der Waals surface area contributed by atoms with Gasteiger partial charge < -0.3 is 10.1 Å². The van der Waals surface area contributed by atoms with E-state index in [1.54, 1.807) is 6.07 Å². The first-order valence-corrected chi connectivity index (χ1v) is 7.55. The molecule has 112 valence electrons. The second kappa shape index (κ2) is 5.61. The highest BCUT2D eigenvalue weighted by atomic mass is 16.5. The third kappa shape index (κ3) is 2.69. The Labute approximate surface area is 134 Å². The van der Waals surface area contributed by atoms with Gasteiger partial charge in [0.15, 0.2) is 0 Å². The topological polar surface area (TPSA) is 38.3 Å². The molecule has 1 amide bonds. The summed E-state index contributed by atoms with van der Waals surface area (Å²) in [6.45, 7) is 0. The van der Waals surface area contributed by atoms with E-state index in [2.05, 4.69) is 11.4 Å². The first-order chi connectivity index (χ1) is 11.3. The lowest BCUT2D eigenvalue weighted by atomic mass is 9.98. The number of fused-ring (bicyclic) bond motifs is 2. The molecule has 4 rings (SSSR count). The van der Waals surface area contributed by atoms with Crippen LogP contribution in [-0.4, -0.2) is 5.91 Å². The van der Waals surface area contributed by atoms with Crippen molar-refractivity contribution >= 4 is 11.6 Å². The first-order valence-electron chi connectivity index (χ1n) is 7.55. The maximum absolute atomic E-state index is 12.4. The van der Waals surface area contributed by atoms with Gasteiger partial charge in [-0.2, -0.15) is 0 Å². The summed E-state index contributed by atoms with van der Waals surface area (Å²) >= 11 is 0. The molecule has 0 radical (unpaired) electrons. The summed E-state index contributed by atoms with van der Waals surface area (Å²) in [4.78, 5) is 12.4. The maximum Gasteiger partial charge on any atom is 0.255 e. The lowest BCUT2D eigenvalue weighted by Gasteiger charge is -2.20. The van der Waals surface area contributed by atoms with E-state index in [9.17, 15) is 4.79 Å². The van der Waals surface area contributed by atoms with Crippen LogP contribution in [0.4, 0.5) is 5.69 Å². The van der Waals surface area contributed by atoms with Gasteiger partial charge in [0, 0.05) is 23.2 Å². The van der Waals surface area contributed by atoms with Crippen molar-refractivity contribution < 1.29 is 9.53 Å². The fourth-order valence-corrected chi connectivity index (χ4v) is 2.76. The van der Waals surface area contributed by atoms with E-state index < -0.39 is 0 Å². The number of ether oxygens (including phenoxy) is 1. The predicted molar refractivity (Wildman–Crippen MR) is 90.2 cm³/mol. The standard InChI is InChI=1S/C20H15NO2/c22-20(21-17-7-2-1-3-8-17)15-10-11-19-16(13-15)12-14-6-4-5-9-18(14)23-19/h1-11,13H,12H2,(H,21,22). The summed E-state index contributed by atoms with van der Waals surface area (Å²) < 4.78 is 5.90. The van der Waals surface area contributed by atoms with Gasteiger partial charge in [-0.25, -0.2) is 0 Å². The minimum Gasteiger partial charge on any atom is -0.457 e. The Balaban J connectivity index is 1.60. The Bertz CT molecular complexity index is 872. The number of benzene rings is 3. The molecule has 3 aromatic rings. The summed E-state index contributed by atoms with van der Waals surface area (Å²) in [5.74, 6) is 1.60. The van der Waals surface area contributed by atoms with Gasteiger partial charge in [-0.1, -0.05) is 36.4 Å². The quantitative estimate of drug-likeness (QED) is 0.586. The number of hydrogen-bond acceptors (Lipinski definition) is 2. The monoisotopic (exact) mass is 301 g/mol. The van der Waals surface area contributed by atoms with Gasteiger partial charge in [-0.05, 0) is 42.0 Å². The SMILES string of the molecule is O=C(Nc1ccccc1)c1ccc2c(c1)Cc1ccccc1O2. The molecule has 0 saturated heterocycles. The Hall–Kier alpha value is -3.07. The van der Waals surface area contributed by atoms with Crippen molar-refractivity contribution in [2.75, 3.05) is 5.32 Å². The minimum absolute atomic E-state index is 0.113. The van der Waals surface area contributed by atoms with Crippen LogP contribution in [0.5, 0.6) is 11.5 Å². The highest BCUT2D eigenvalue weighted by molar-refractivity contribution is 6.04. The molecule has 0 unspecified atom stereocenters. The van der Waals surface area contributed by atoms with Gasteiger partial charge in [-0.15, -0.1) is 0 Å². The molecule has 0 aromatic heterocycles. The van der Waals surface area contributed by atoms with Crippen LogP contribution in [0.1, 0.15) is 21.5 Å². The van der Waals surface area contributed by atoms with Crippen LogP contribution < -0.4 is 10.1 Å². The van der Waals surface area contributed by atoms with Crippen molar-refractivity contribution in [2.45, 2.75) is 6.42 Å². The number of carbonyl (C=O) groups is 1. The fraction of sp³-hybridized carbons (Fsp3) is 0.0500. The van der Waals surface area contributed by atoms with Gasteiger partial charge in [0.1, 0.15) is 11.5 Å². The van der Waals surface area contributed by atoms with E-state index in [4.69, 9.17) is 4.74 Å². The number of para-hydroxylation sites is 2. The van der Waals surface area contributed by atoms with E-state index in [1.807, 2.05) is 60.7 Å². The van der Waals surface area contributed by atoms with E-state index in [0.29, 0.717) is 5.56 Å². The second-order valence-electron chi connectivity index (χ2n) is 5.53. The van der Waals surface area contributed by atoms with Gasteiger partial charge >= 0.3 is 0 Å². The molecule has 1 aliphatic heterocycles.